The molecular weight excluding hydrogens is 246 g/mol. The first-order chi connectivity index (χ1) is 8.40. The summed E-state index contributed by atoms with van der Waals surface area (Å²) in [5, 5.41) is 3.38. The first-order valence-electron chi connectivity index (χ1n) is 6.49. The molecule has 0 amide bonds. The van der Waals surface area contributed by atoms with Crippen LogP contribution in [0.25, 0.3) is 0 Å². The maximum absolute atomic E-state index is 11.2. The SMILES string of the molecule is Cc1cn(C(C)CCS(C)=O)c(NCC(C)C)n1. The second-order valence-corrected chi connectivity index (χ2v) is 6.86. The maximum Gasteiger partial charge on any atom is 0.203 e. The van der Waals surface area contributed by atoms with Gasteiger partial charge in [0.1, 0.15) is 0 Å². The van der Waals surface area contributed by atoms with Gasteiger partial charge in [-0.1, -0.05) is 13.8 Å². The van der Waals surface area contributed by atoms with Crippen LogP contribution in [0, 0.1) is 12.8 Å². The van der Waals surface area contributed by atoms with Crippen molar-refractivity contribution in [3.8, 4) is 0 Å². The van der Waals surface area contributed by atoms with Gasteiger partial charge in [-0.2, -0.15) is 0 Å². The molecule has 104 valence electrons. The van der Waals surface area contributed by atoms with E-state index in [1.54, 1.807) is 6.26 Å². The zero-order valence-corrected chi connectivity index (χ0v) is 12.9. The van der Waals surface area contributed by atoms with E-state index in [-0.39, 0.29) is 0 Å². The molecule has 0 radical (unpaired) electrons. The van der Waals surface area contributed by atoms with Crippen LogP contribution in [-0.4, -0.2) is 32.3 Å². The van der Waals surface area contributed by atoms with Gasteiger partial charge >= 0.3 is 0 Å². The normalized spacial score (nSPS) is 14.8. The summed E-state index contributed by atoms with van der Waals surface area (Å²) in [4.78, 5) is 4.51. The Kier molecular flexibility index (Phi) is 5.85. The number of hydrogen-bond donors (Lipinski definition) is 1. The number of nitrogens with one attached hydrogen (secondary N) is 1. The van der Waals surface area contributed by atoms with Gasteiger partial charge < -0.3 is 9.88 Å². The van der Waals surface area contributed by atoms with E-state index in [0.717, 1.165) is 30.4 Å². The van der Waals surface area contributed by atoms with Crippen molar-refractivity contribution in [2.75, 3.05) is 23.9 Å². The van der Waals surface area contributed by atoms with Gasteiger partial charge in [0, 0.05) is 41.6 Å². The van der Waals surface area contributed by atoms with E-state index < -0.39 is 10.8 Å². The van der Waals surface area contributed by atoms with Crippen LogP contribution >= 0.6 is 0 Å². The van der Waals surface area contributed by atoms with Crippen molar-refractivity contribution in [1.29, 1.82) is 0 Å². The first-order valence-corrected chi connectivity index (χ1v) is 8.22. The summed E-state index contributed by atoms with van der Waals surface area (Å²) in [5.41, 5.74) is 1.02. The largest absolute Gasteiger partial charge is 0.355 e. The molecule has 0 spiro atoms. The Bertz CT molecular complexity index is 401. The molecule has 1 aromatic rings. The molecule has 1 rings (SSSR count). The van der Waals surface area contributed by atoms with Gasteiger partial charge in [0.25, 0.3) is 0 Å². The molecule has 2 atom stereocenters. The van der Waals surface area contributed by atoms with Crippen molar-refractivity contribution in [2.24, 2.45) is 5.92 Å². The zero-order valence-electron chi connectivity index (χ0n) is 12.1. The lowest BCUT2D eigenvalue weighted by molar-refractivity contribution is 0.533. The number of aromatic nitrogens is 2. The Morgan fingerprint density at radius 2 is 2.11 bits per heavy atom. The van der Waals surface area contributed by atoms with Gasteiger partial charge in [-0.15, -0.1) is 0 Å². The second kappa shape index (κ2) is 6.92. The van der Waals surface area contributed by atoms with Gasteiger partial charge in [-0.25, -0.2) is 4.98 Å². The van der Waals surface area contributed by atoms with Crippen molar-refractivity contribution in [1.82, 2.24) is 9.55 Å². The predicted octanol–water partition coefficient (Wildman–Crippen LogP) is 2.59. The molecule has 4 nitrogen and oxygen atoms in total. The molecule has 0 saturated heterocycles. The summed E-state index contributed by atoms with van der Waals surface area (Å²) >= 11 is 0. The van der Waals surface area contributed by atoms with Crippen molar-refractivity contribution >= 4 is 16.7 Å². The molecule has 5 heteroatoms. The number of imidazole rings is 1. The van der Waals surface area contributed by atoms with Crippen LogP contribution in [0.15, 0.2) is 6.20 Å². The minimum Gasteiger partial charge on any atom is -0.355 e. The number of nitrogens with zero attached hydrogens (tertiary/aromatic N) is 2. The number of anilines is 1. The topological polar surface area (TPSA) is 46.9 Å². The lowest BCUT2D eigenvalue weighted by Crippen LogP contribution is -2.15. The Hall–Kier alpha value is -0.840. The molecule has 1 N–H and O–H groups in total. The third-order valence-corrected chi connectivity index (χ3v) is 3.63. The lowest BCUT2D eigenvalue weighted by atomic mass is 10.2. The van der Waals surface area contributed by atoms with Crippen LogP contribution < -0.4 is 5.32 Å². The van der Waals surface area contributed by atoms with Gasteiger partial charge in [0.2, 0.25) is 5.95 Å². The Morgan fingerprint density at radius 1 is 1.44 bits per heavy atom. The number of rotatable bonds is 7. The number of aryl methyl sites for hydroxylation is 1. The van der Waals surface area contributed by atoms with E-state index in [0.29, 0.717) is 12.0 Å². The minimum absolute atomic E-state index is 0.324. The van der Waals surface area contributed by atoms with E-state index in [2.05, 4.69) is 41.8 Å². The van der Waals surface area contributed by atoms with Gasteiger partial charge in [-0.3, -0.25) is 4.21 Å². The summed E-state index contributed by atoms with van der Waals surface area (Å²) in [7, 11) is -0.725. The Balaban J connectivity index is 2.70. The lowest BCUT2D eigenvalue weighted by Gasteiger charge is -2.17. The van der Waals surface area contributed by atoms with E-state index in [1.165, 1.54) is 0 Å². The van der Waals surface area contributed by atoms with Crippen LogP contribution in [0.2, 0.25) is 0 Å². The van der Waals surface area contributed by atoms with E-state index >= 15 is 0 Å². The molecular formula is C13H25N3OS. The van der Waals surface area contributed by atoms with Crippen molar-refractivity contribution < 1.29 is 4.21 Å². The van der Waals surface area contributed by atoms with Gasteiger partial charge in [-0.05, 0) is 26.2 Å². The van der Waals surface area contributed by atoms with Crippen LogP contribution in [-0.2, 0) is 10.8 Å². The highest BCUT2D eigenvalue weighted by Crippen LogP contribution is 2.19. The van der Waals surface area contributed by atoms with Crippen molar-refractivity contribution in [3.63, 3.8) is 0 Å². The molecule has 0 fully saturated rings. The average molecular weight is 271 g/mol. The highest BCUT2D eigenvalue weighted by Gasteiger charge is 2.12. The maximum atomic E-state index is 11.2. The molecule has 1 heterocycles. The van der Waals surface area contributed by atoms with Crippen molar-refractivity contribution in [2.45, 2.75) is 40.2 Å². The van der Waals surface area contributed by atoms with Crippen LogP contribution in [0.4, 0.5) is 5.95 Å². The summed E-state index contributed by atoms with van der Waals surface area (Å²) in [6.45, 7) is 9.42. The molecule has 0 aliphatic heterocycles. The molecule has 1 aromatic heterocycles. The number of hydrogen-bond acceptors (Lipinski definition) is 3. The standard InChI is InChI=1S/C13H25N3OS/c1-10(2)8-14-13-15-11(3)9-16(13)12(4)6-7-18(5)17/h9-10,12H,6-8H2,1-5H3,(H,14,15). The minimum atomic E-state index is -0.725. The van der Waals surface area contributed by atoms with Crippen LogP contribution in [0.3, 0.4) is 0 Å². The van der Waals surface area contributed by atoms with Crippen LogP contribution in [0.1, 0.15) is 38.9 Å². The quantitative estimate of drug-likeness (QED) is 0.829. The first kappa shape index (κ1) is 15.2. The molecule has 0 aliphatic carbocycles. The summed E-state index contributed by atoms with van der Waals surface area (Å²) in [5.74, 6) is 2.26. The van der Waals surface area contributed by atoms with E-state index in [1.807, 2.05) is 6.92 Å². The average Bonchev–Trinajstić information content (AvgIpc) is 2.64. The smallest absolute Gasteiger partial charge is 0.203 e. The van der Waals surface area contributed by atoms with Gasteiger partial charge in [0.15, 0.2) is 0 Å². The zero-order chi connectivity index (χ0) is 13.7. The predicted molar refractivity (Wildman–Crippen MR) is 78.6 cm³/mol. The fourth-order valence-corrected chi connectivity index (χ4v) is 2.43. The highest BCUT2D eigenvalue weighted by atomic mass is 32.2. The molecule has 18 heavy (non-hydrogen) atoms. The summed E-state index contributed by atoms with van der Waals surface area (Å²) in [6, 6.07) is 0.324. The molecule has 0 saturated carbocycles. The Morgan fingerprint density at radius 3 is 2.67 bits per heavy atom. The third kappa shape index (κ3) is 4.80. The van der Waals surface area contributed by atoms with E-state index in [4.69, 9.17) is 0 Å². The fourth-order valence-electron chi connectivity index (χ4n) is 1.75. The third-order valence-electron chi connectivity index (χ3n) is 2.82. The van der Waals surface area contributed by atoms with Crippen LogP contribution in [0.5, 0.6) is 0 Å². The Labute approximate surface area is 113 Å². The monoisotopic (exact) mass is 271 g/mol. The summed E-state index contributed by atoms with van der Waals surface area (Å²) in [6.07, 6.45) is 4.73. The highest BCUT2D eigenvalue weighted by molar-refractivity contribution is 7.84. The summed E-state index contributed by atoms with van der Waals surface area (Å²) < 4.78 is 13.3. The van der Waals surface area contributed by atoms with E-state index in [9.17, 15) is 4.21 Å². The second-order valence-electron chi connectivity index (χ2n) is 5.30. The van der Waals surface area contributed by atoms with Crippen molar-refractivity contribution in [3.05, 3.63) is 11.9 Å². The fraction of sp³-hybridized carbons (Fsp3) is 0.769. The van der Waals surface area contributed by atoms with Gasteiger partial charge in [0.05, 0.1) is 5.69 Å². The molecule has 2 unspecified atom stereocenters. The molecule has 0 bridgehead atoms. The molecule has 0 aromatic carbocycles. The molecule has 0 aliphatic rings.